The monoisotopic (exact) mass is 672 g/mol. The summed E-state index contributed by atoms with van der Waals surface area (Å²) >= 11 is 6.94. The first-order chi connectivity index (χ1) is 20.9. The van der Waals surface area contributed by atoms with E-state index in [2.05, 4.69) is 10.0 Å². The van der Waals surface area contributed by atoms with E-state index in [1.165, 1.54) is 29.0 Å². The van der Waals surface area contributed by atoms with Gasteiger partial charge in [0.25, 0.3) is 5.91 Å². The molecule has 2 fully saturated rings. The molecule has 4 rings (SSSR count). The van der Waals surface area contributed by atoms with Crippen LogP contribution in [-0.4, -0.2) is 82.9 Å². The standard InChI is InChI=1S/C28H34ClFN4O8S2/c1-3-42-28(38)17-9-12-33(13-10-17)27(37)19(16-31-26(36)21-7-8-23(29)43-21)32-44(39,40)22-15-18(30)14-20(25(22)41-2)34-11-5-4-6-24(34)35/h7-8,14-15,17,19,32H,3-6,9-13,16H2,1-2H3,(H,31,36)/t19-/m0/s1. The van der Waals surface area contributed by atoms with Gasteiger partial charge in [0.1, 0.15) is 16.8 Å². The number of sulfonamides is 1. The maximum Gasteiger partial charge on any atom is 0.309 e. The number of nitrogens with zero attached hydrogens (tertiary/aromatic N) is 2. The molecular weight excluding hydrogens is 639 g/mol. The molecule has 0 radical (unpaired) electrons. The number of carbonyl (C=O) groups excluding carboxylic acids is 4. The number of halogens is 2. The van der Waals surface area contributed by atoms with Gasteiger partial charge in [0.15, 0.2) is 5.75 Å². The Morgan fingerprint density at radius 1 is 1.16 bits per heavy atom. The number of methoxy groups -OCH3 is 1. The van der Waals surface area contributed by atoms with Crippen LogP contribution in [0.5, 0.6) is 5.75 Å². The van der Waals surface area contributed by atoms with Gasteiger partial charge in [-0.3, -0.25) is 19.2 Å². The van der Waals surface area contributed by atoms with E-state index in [4.69, 9.17) is 21.1 Å². The van der Waals surface area contributed by atoms with Crippen molar-refractivity contribution in [3.63, 3.8) is 0 Å². The lowest BCUT2D eigenvalue weighted by Gasteiger charge is -2.33. The second-order valence-electron chi connectivity index (χ2n) is 10.3. The molecule has 2 aliphatic rings. The molecule has 2 saturated heterocycles. The highest BCUT2D eigenvalue weighted by Crippen LogP contribution is 2.38. The number of nitrogens with one attached hydrogen (secondary N) is 2. The zero-order chi connectivity index (χ0) is 32.0. The second-order valence-corrected chi connectivity index (χ2v) is 13.7. The van der Waals surface area contributed by atoms with Gasteiger partial charge in [0, 0.05) is 38.7 Å². The lowest BCUT2D eigenvalue weighted by Crippen LogP contribution is -2.55. The molecule has 2 aliphatic heterocycles. The number of hydrogen-bond donors (Lipinski definition) is 2. The molecule has 3 heterocycles. The Morgan fingerprint density at radius 2 is 1.89 bits per heavy atom. The normalized spacial score (nSPS) is 16.9. The maximum atomic E-state index is 14.9. The van der Waals surface area contributed by atoms with Crippen molar-refractivity contribution in [2.24, 2.45) is 5.92 Å². The van der Waals surface area contributed by atoms with Crippen molar-refractivity contribution in [1.29, 1.82) is 0 Å². The Hall–Kier alpha value is -3.27. The van der Waals surface area contributed by atoms with Crippen LogP contribution in [0.2, 0.25) is 4.34 Å². The number of piperidine rings is 2. The molecular formula is C28H34ClFN4O8S2. The van der Waals surface area contributed by atoms with Crippen LogP contribution in [0.15, 0.2) is 29.2 Å². The number of carbonyl (C=O) groups is 4. The Balaban J connectivity index is 1.61. The third kappa shape index (κ3) is 7.86. The molecule has 12 nitrogen and oxygen atoms in total. The summed E-state index contributed by atoms with van der Waals surface area (Å²) in [6, 6.07) is 3.29. The maximum absolute atomic E-state index is 14.9. The highest BCUT2D eigenvalue weighted by Gasteiger charge is 2.36. The summed E-state index contributed by atoms with van der Waals surface area (Å²) < 4.78 is 55.6. The third-order valence-electron chi connectivity index (χ3n) is 7.39. The smallest absolute Gasteiger partial charge is 0.309 e. The molecule has 44 heavy (non-hydrogen) atoms. The van der Waals surface area contributed by atoms with Crippen LogP contribution in [0.25, 0.3) is 0 Å². The molecule has 1 aromatic carbocycles. The molecule has 2 aromatic rings. The summed E-state index contributed by atoms with van der Waals surface area (Å²) in [5.74, 6) is -3.47. The predicted molar refractivity (Wildman–Crippen MR) is 161 cm³/mol. The molecule has 0 saturated carbocycles. The third-order valence-corrected chi connectivity index (χ3v) is 10.1. The fourth-order valence-corrected chi connectivity index (χ4v) is 7.53. The Bertz CT molecular complexity index is 1510. The first-order valence-electron chi connectivity index (χ1n) is 14.1. The van der Waals surface area contributed by atoms with E-state index in [1.807, 2.05) is 0 Å². The largest absolute Gasteiger partial charge is 0.493 e. The van der Waals surface area contributed by atoms with Crippen LogP contribution in [0, 0.1) is 11.7 Å². The van der Waals surface area contributed by atoms with Crippen molar-refractivity contribution in [1.82, 2.24) is 14.9 Å². The van der Waals surface area contributed by atoms with Crippen molar-refractivity contribution in [2.75, 3.05) is 44.8 Å². The van der Waals surface area contributed by atoms with E-state index in [1.54, 1.807) is 6.92 Å². The fraction of sp³-hybridized carbons (Fsp3) is 0.500. The van der Waals surface area contributed by atoms with Gasteiger partial charge in [-0.05, 0) is 50.8 Å². The quantitative estimate of drug-likeness (QED) is 0.346. The van der Waals surface area contributed by atoms with Gasteiger partial charge >= 0.3 is 5.97 Å². The number of thiophene rings is 1. The van der Waals surface area contributed by atoms with E-state index >= 15 is 0 Å². The van der Waals surface area contributed by atoms with E-state index in [0.717, 1.165) is 23.5 Å². The van der Waals surface area contributed by atoms with Crippen LogP contribution in [-0.2, 0) is 29.1 Å². The number of rotatable bonds is 11. The van der Waals surface area contributed by atoms with Crippen molar-refractivity contribution in [3.8, 4) is 5.75 Å². The Labute approximate surface area is 263 Å². The summed E-state index contributed by atoms with van der Waals surface area (Å²) in [7, 11) is -3.47. The van der Waals surface area contributed by atoms with Gasteiger partial charge < -0.3 is 24.6 Å². The summed E-state index contributed by atoms with van der Waals surface area (Å²) in [4.78, 5) is 53.6. The number of anilines is 1. The number of esters is 1. The molecule has 1 aromatic heterocycles. The molecule has 0 unspecified atom stereocenters. The van der Waals surface area contributed by atoms with Crippen LogP contribution >= 0.6 is 22.9 Å². The van der Waals surface area contributed by atoms with Gasteiger partial charge in [0.05, 0.1) is 34.5 Å². The SMILES string of the molecule is CCOC(=O)C1CCN(C(=O)[C@H](CNC(=O)c2ccc(Cl)s2)NS(=O)(=O)c2cc(F)cc(N3CCCCC3=O)c2OC)CC1. The Kier molecular flexibility index (Phi) is 11.2. The van der Waals surface area contributed by atoms with Gasteiger partial charge in [0.2, 0.25) is 21.8 Å². The molecule has 0 bridgehead atoms. The Morgan fingerprint density at radius 3 is 2.50 bits per heavy atom. The number of benzene rings is 1. The molecule has 2 N–H and O–H groups in total. The second kappa shape index (κ2) is 14.7. The first kappa shape index (κ1) is 33.6. The summed E-state index contributed by atoms with van der Waals surface area (Å²) in [6.45, 7) is 2.05. The average Bonchev–Trinajstić information content (AvgIpc) is 3.45. The van der Waals surface area contributed by atoms with Crippen molar-refractivity contribution < 1.29 is 41.5 Å². The van der Waals surface area contributed by atoms with E-state index in [-0.39, 0.29) is 60.9 Å². The lowest BCUT2D eigenvalue weighted by molar-refractivity contribution is -0.151. The van der Waals surface area contributed by atoms with Gasteiger partial charge in [-0.15, -0.1) is 11.3 Å². The highest BCUT2D eigenvalue weighted by molar-refractivity contribution is 7.89. The minimum atomic E-state index is -4.67. The van der Waals surface area contributed by atoms with Crippen molar-refractivity contribution >= 4 is 62.3 Å². The number of ether oxygens (including phenoxy) is 2. The predicted octanol–water partition coefficient (Wildman–Crippen LogP) is 2.94. The van der Waals surface area contributed by atoms with E-state index < -0.39 is 51.1 Å². The van der Waals surface area contributed by atoms with Crippen LogP contribution in [0.3, 0.4) is 0 Å². The van der Waals surface area contributed by atoms with Crippen LogP contribution < -0.4 is 19.7 Å². The molecule has 240 valence electrons. The summed E-state index contributed by atoms with van der Waals surface area (Å²) in [5, 5.41) is 2.57. The minimum Gasteiger partial charge on any atom is -0.493 e. The van der Waals surface area contributed by atoms with Gasteiger partial charge in [-0.2, -0.15) is 4.72 Å². The number of likely N-dealkylation sites (tertiary alicyclic amines) is 1. The van der Waals surface area contributed by atoms with Gasteiger partial charge in [-0.25, -0.2) is 12.8 Å². The topological polar surface area (TPSA) is 151 Å². The van der Waals surface area contributed by atoms with Crippen molar-refractivity contribution in [3.05, 3.63) is 39.3 Å². The lowest BCUT2D eigenvalue weighted by atomic mass is 9.96. The number of hydrogen-bond acceptors (Lipinski definition) is 9. The molecule has 3 amide bonds. The van der Waals surface area contributed by atoms with Crippen LogP contribution in [0.1, 0.15) is 48.7 Å². The van der Waals surface area contributed by atoms with E-state index in [0.29, 0.717) is 30.0 Å². The van der Waals surface area contributed by atoms with Crippen molar-refractivity contribution in [2.45, 2.75) is 50.0 Å². The summed E-state index contributed by atoms with van der Waals surface area (Å²) in [6.07, 6.45) is 2.15. The molecule has 1 atom stereocenters. The fourth-order valence-electron chi connectivity index (χ4n) is 5.19. The molecule has 0 spiro atoms. The molecule has 0 aliphatic carbocycles. The highest BCUT2D eigenvalue weighted by atomic mass is 35.5. The van der Waals surface area contributed by atoms with E-state index in [9.17, 15) is 32.0 Å². The summed E-state index contributed by atoms with van der Waals surface area (Å²) in [5.41, 5.74) is -0.0376. The average molecular weight is 673 g/mol. The minimum absolute atomic E-state index is 0.0376. The number of amides is 3. The first-order valence-corrected chi connectivity index (χ1v) is 16.8. The molecule has 16 heteroatoms. The van der Waals surface area contributed by atoms with Gasteiger partial charge in [-0.1, -0.05) is 11.6 Å². The van der Waals surface area contributed by atoms with Crippen LogP contribution in [0.4, 0.5) is 10.1 Å². The zero-order valence-corrected chi connectivity index (χ0v) is 26.7. The zero-order valence-electron chi connectivity index (χ0n) is 24.3.